The Labute approximate surface area is 133 Å². The van der Waals surface area contributed by atoms with Gasteiger partial charge in [0.15, 0.2) is 11.6 Å². The zero-order valence-electron chi connectivity index (χ0n) is 12.7. The van der Waals surface area contributed by atoms with Crippen molar-refractivity contribution in [3.05, 3.63) is 71.3 Å². The third-order valence-electron chi connectivity index (χ3n) is 4.03. The topological polar surface area (TPSA) is 29.5 Å². The number of amides is 1. The van der Waals surface area contributed by atoms with Crippen LogP contribution in [0.2, 0.25) is 0 Å². The second-order valence-corrected chi connectivity index (χ2v) is 5.67. The number of carbonyl (C=O) groups is 1. The normalized spacial score (nSPS) is 21.3. The van der Waals surface area contributed by atoms with Gasteiger partial charge in [-0.15, -0.1) is 0 Å². The van der Waals surface area contributed by atoms with Gasteiger partial charge in [0.2, 0.25) is 0 Å². The van der Waals surface area contributed by atoms with Crippen LogP contribution in [0.15, 0.2) is 48.5 Å². The van der Waals surface area contributed by atoms with Crippen LogP contribution in [-0.4, -0.2) is 30.0 Å². The number of hydrogen-bond donors (Lipinski definition) is 0. The molecular weight excluding hydrogens is 300 g/mol. The molecule has 0 spiro atoms. The molecule has 1 saturated heterocycles. The van der Waals surface area contributed by atoms with Crippen molar-refractivity contribution in [3.8, 4) is 0 Å². The molecule has 3 rings (SSSR count). The van der Waals surface area contributed by atoms with Crippen molar-refractivity contribution in [1.29, 1.82) is 0 Å². The molecule has 0 aliphatic carbocycles. The fourth-order valence-corrected chi connectivity index (χ4v) is 2.70. The van der Waals surface area contributed by atoms with Crippen molar-refractivity contribution in [2.45, 2.75) is 19.1 Å². The Morgan fingerprint density at radius 3 is 2.57 bits per heavy atom. The average molecular weight is 317 g/mol. The number of ether oxygens (including phenoxy) is 1. The highest BCUT2D eigenvalue weighted by molar-refractivity contribution is 5.94. The summed E-state index contributed by atoms with van der Waals surface area (Å²) in [7, 11) is 0. The number of morpholine rings is 1. The first kappa shape index (κ1) is 15.6. The Bertz CT molecular complexity index is 705. The fourth-order valence-electron chi connectivity index (χ4n) is 2.70. The molecule has 2 aromatic carbocycles. The van der Waals surface area contributed by atoms with E-state index in [1.807, 2.05) is 37.3 Å². The summed E-state index contributed by atoms with van der Waals surface area (Å²) < 4.78 is 32.2. The van der Waals surface area contributed by atoms with Gasteiger partial charge in [-0.1, -0.05) is 30.3 Å². The van der Waals surface area contributed by atoms with Crippen molar-refractivity contribution in [1.82, 2.24) is 4.90 Å². The molecule has 2 atom stereocenters. The van der Waals surface area contributed by atoms with Gasteiger partial charge in [0.1, 0.15) is 6.10 Å². The van der Waals surface area contributed by atoms with Crippen molar-refractivity contribution >= 4 is 5.91 Å². The van der Waals surface area contributed by atoms with Gasteiger partial charge in [0.05, 0.1) is 19.2 Å². The fraction of sp³-hybridized carbons (Fsp3) is 0.278. The SMILES string of the molecule is CC1COC(c2ccccc2)CN1C(=O)c1ccc(F)c(F)c1. The van der Waals surface area contributed by atoms with Crippen LogP contribution in [0.3, 0.4) is 0 Å². The largest absolute Gasteiger partial charge is 0.370 e. The lowest BCUT2D eigenvalue weighted by Gasteiger charge is -2.38. The van der Waals surface area contributed by atoms with Crippen molar-refractivity contribution in [2.75, 3.05) is 13.2 Å². The lowest BCUT2D eigenvalue weighted by molar-refractivity contribution is -0.0486. The molecule has 1 aliphatic heterocycles. The Kier molecular flexibility index (Phi) is 4.39. The third kappa shape index (κ3) is 3.24. The molecule has 0 bridgehead atoms. The van der Waals surface area contributed by atoms with E-state index in [-0.39, 0.29) is 23.6 Å². The monoisotopic (exact) mass is 317 g/mol. The molecule has 5 heteroatoms. The summed E-state index contributed by atoms with van der Waals surface area (Å²) in [5, 5.41) is 0. The van der Waals surface area contributed by atoms with E-state index in [0.29, 0.717) is 13.2 Å². The summed E-state index contributed by atoms with van der Waals surface area (Å²) in [6.45, 7) is 2.65. The van der Waals surface area contributed by atoms with Gasteiger partial charge in [0, 0.05) is 5.56 Å². The van der Waals surface area contributed by atoms with Crippen LogP contribution >= 0.6 is 0 Å². The van der Waals surface area contributed by atoms with Gasteiger partial charge in [-0.25, -0.2) is 8.78 Å². The first-order chi connectivity index (χ1) is 11.1. The molecule has 0 N–H and O–H groups in total. The smallest absolute Gasteiger partial charge is 0.254 e. The number of nitrogens with zero attached hydrogens (tertiary/aromatic N) is 1. The Hall–Kier alpha value is -2.27. The molecule has 120 valence electrons. The molecule has 2 unspecified atom stereocenters. The number of benzene rings is 2. The van der Waals surface area contributed by atoms with E-state index in [1.54, 1.807) is 4.90 Å². The minimum Gasteiger partial charge on any atom is -0.370 e. The third-order valence-corrected chi connectivity index (χ3v) is 4.03. The van der Waals surface area contributed by atoms with E-state index in [4.69, 9.17) is 4.74 Å². The lowest BCUT2D eigenvalue weighted by Crippen LogP contribution is -2.48. The number of hydrogen-bond acceptors (Lipinski definition) is 2. The standard InChI is InChI=1S/C18H17F2NO2/c1-12-11-23-17(13-5-3-2-4-6-13)10-21(12)18(22)14-7-8-15(19)16(20)9-14/h2-9,12,17H,10-11H2,1H3. The summed E-state index contributed by atoms with van der Waals surface area (Å²) in [5.41, 5.74) is 1.13. The molecule has 23 heavy (non-hydrogen) atoms. The zero-order chi connectivity index (χ0) is 16.4. The molecule has 0 radical (unpaired) electrons. The molecule has 1 amide bonds. The second kappa shape index (κ2) is 6.46. The Balaban J connectivity index is 1.82. The minimum absolute atomic E-state index is 0.129. The van der Waals surface area contributed by atoms with Crippen LogP contribution in [0.1, 0.15) is 28.9 Å². The maximum atomic E-state index is 13.4. The molecule has 1 fully saturated rings. The molecule has 1 aliphatic rings. The summed E-state index contributed by atoms with van der Waals surface area (Å²) >= 11 is 0. The summed E-state index contributed by atoms with van der Waals surface area (Å²) in [5.74, 6) is -2.30. The highest BCUT2D eigenvalue weighted by Crippen LogP contribution is 2.26. The van der Waals surface area contributed by atoms with Crippen LogP contribution in [0.5, 0.6) is 0 Å². The number of carbonyl (C=O) groups excluding carboxylic acids is 1. The van der Waals surface area contributed by atoms with Gasteiger partial charge in [-0.2, -0.15) is 0 Å². The van der Waals surface area contributed by atoms with E-state index in [0.717, 1.165) is 17.7 Å². The van der Waals surface area contributed by atoms with Crippen LogP contribution in [0.4, 0.5) is 8.78 Å². The van der Waals surface area contributed by atoms with Crippen LogP contribution < -0.4 is 0 Å². The number of halogens is 2. The highest BCUT2D eigenvalue weighted by atomic mass is 19.2. The predicted octanol–water partition coefficient (Wildman–Crippen LogP) is 3.57. The Morgan fingerprint density at radius 2 is 1.87 bits per heavy atom. The average Bonchev–Trinajstić information content (AvgIpc) is 2.58. The van der Waals surface area contributed by atoms with E-state index < -0.39 is 11.6 Å². The Morgan fingerprint density at radius 1 is 1.13 bits per heavy atom. The highest BCUT2D eigenvalue weighted by Gasteiger charge is 2.31. The molecule has 0 saturated carbocycles. The zero-order valence-corrected chi connectivity index (χ0v) is 12.7. The quantitative estimate of drug-likeness (QED) is 0.847. The first-order valence-corrected chi connectivity index (χ1v) is 7.49. The van der Waals surface area contributed by atoms with E-state index in [1.165, 1.54) is 6.07 Å². The lowest BCUT2D eigenvalue weighted by atomic mass is 10.0. The van der Waals surface area contributed by atoms with Gasteiger partial charge in [0.25, 0.3) is 5.91 Å². The number of rotatable bonds is 2. The van der Waals surface area contributed by atoms with Crippen LogP contribution in [-0.2, 0) is 4.74 Å². The van der Waals surface area contributed by atoms with Crippen molar-refractivity contribution in [3.63, 3.8) is 0 Å². The summed E-state index contributed by atoms with van der Waals surface area (Å²) in [4.78, 5) is 14.3. The molecule has 0 aromatic heterocycles. The maximum absolute atomic E-state index is 13.4. The maximum Gasteiger partial charge on any atom is 0.254 e. The molecule has 2 aromatic rings. The molecular formula is C18H17F2NO2. The van der Waals surface area contributed by atoms with E-state index in [9.17, 15) is 13.6 Å². The minimum atomic E-state index is -1.02. The second-order valence-electron chi connectivity index (χ2n) is 5.67. The van der Waals surface area contributed by atoms with Crippen LogP contribution in [0, 0.1) is 11.6 Å². The van der Waals surface area contributed by atoms with Gasteiger partial charge in [-0.3, -0.25) is 4.79 Å². The van der Waals surface area contributed by atoms with Gasteiger partial charge < -0.3 is 9.64 Å². The summed E-state index contributed by atoms with van der Waals surface area (Å²) in [6, 6.07) is 12.7. The first-order valence-electron chi connectivity index (χ1n) is 7.49. The van der Waals surface area contributed by atoms with Crippen LogP contribution in [0.25, 0.3) is 0 Å². The summed E-state index contributed by atoms with van der Waals surface area (Å²) in [6.07, 6.45) is -0.221. The van der Waals surface area contributed by atoms with Crippen molar-refractivity contribution in [2.24, 2.45) is 0 Å². The molecule has 3 nitrogen and oxygen atoms in total. The molecule has 1 heterocycles. The van der Waals surface area contributed by atoms with E-state index in [2.05, 4.69) is 0 Å². The van der Waals surface area contributed by atoms with Crippen molar-refractivity contribution < 1.29 is 18.3 Å². The van der Waals surface area contributed by atoms with Gasteiger partial charge >= 0.3 is 0 Å². The van der Waals surface area contributed by atoms with Gasteiger partial charge in [-0.05, 0) is 30.7 Å². The predicted molar refractivity (Wildman–Crippen MR) is 82.0 cm³/mol. The van der Waals surface area contributed by atoms with E-state index >= 15 is 0 Å².